The summed E-state index contributed by atoms with van der Waals surface area (Å²) in [6.07, 6.45) is 6.65. The van der Waals surface area contributed by atoms with Crippen LogP contribution in [-0.4, -0.2) is 24.2 Å². The van der Waals surface area contributed by atoms with Gasteiger partial charge in [0.2, 0.25) is 0 Å². The first-order valence-corrected chi connectivity index (χ1v) is 6.63. The van der Waals surface area contributed by atoms with Crippen LogP contribution in [0.5, 0.6) is 0 Å². The molecular formula is C14H24N2O2. The van der Waals surface area contributed by atoms with Gasteiger partial charge >= 0.3 is 5.97 Å². The summed E-state index contributed by atoms with van der Waals surface area (Å²) in [5.41, 5.74) is 1.29. The van der Waals surface area contributed by atoms with E-state index in [4.69, 9.17) is 0 Å². The largest absolute Gasteiger partial charge is 0.469 e. The summed E-state index contributed by atoms with van der Waals surface area (Å²) in [7, 11) is 1.43. The Balaban J connectivity index is 2.36. The van der Waals surface area contributed by atoms with Gasteiger partial charge in [-0.2, -0.15) is 0 Å². The number of carbonyl (C=O) groups is 1. The molecule has 1 rings (SSSR count). The van der Waals surface area contributed by atoms with Crippen LogP contribution in [0.1, 0.15) is 44.7 Å². The smallest absolute Gasteiger partial charge is 0.305 e. The molecule has 0 amide bonds. The molecule has 1 N–H and O–H groups in total. The van der Waals surface area contributed by atoms with E-state index >= 15 is 0 Å². The van der Waals surface area contributed by atoms with Crippen molar-refractivity contribution < 1.29 is 9.53 Å². The lowest BCUT2D eigenvalue weighted by Crippen LogP contribution is -2.18. The van der Waals surface area contributed by atoms with E-state index in [9.17, 15) is 4.79 Å². The predicted octanol–water partition coefficient (Wildman–Crippen LogP) is 2.50. The third-order valence-electron chi connectivity index (χ3n) is 3.00. The summed E-state index contributed by atoms with van der Waals surface area (Å²) in [6, 6.07) is 2.51. The quantitative estimate of drug-likeness (QED) is 0.723. The van der Waals surface area contributed by atoms with Crippen LogP contribution in [0.4, 0.5) is 0 Å². The number of methoxy groups -OCH3 is 1. The zero-order valence-corrected chi connectivity index (χ0v) is 11.6. The Morgan fingerprint density at radius 3 is 3.00 bits per heavy atom. The molecule has 1 heterocycles. The highest BCUT2D eigenvalue weighted by molar-refractivity contribution is 5.68. The number of nitrogens with one attached hydrogen (secondary N) is 1. The van der Waals surface area contributed by atoms with Crippen molar-refractivity contribution in [1.29, 1.82) is 0 Å². The average molecular weight is 252 g/mol. The Morgan fingerprint density at radius 2 is 2.33 bits per heavy atom. The Bertz CT molecular complexity index is 360. The minimum Gasteiger partial charge on any atom is -0.469 e. The molecule has 0 aromatic carbocycles. The summed E-state index contributed by atoms with van der Waals surface area (Å²) in [5.74, 6) is -0.139. The number of rotatable bonds is 8. The highest BCUT2D eigenvalue weighted by Gasteiger charge is 2.06. The normalized spacial score (nSPS) is 12.4. The summed E-state index contributed by atoms with van der Waals surface area (Å²) < 4.78 is 6.75. The van der Waals surface area contributed by atoms with Crippen LogP contribution in [0.25, 0.3) is 0 Å². The molecule has 0 radical (unpaired) electrons. The van der Waals surface area contributed by atoms with Crippen molar-refractivity contribution in [1.82, 2.24) is 9.88 Å². The fraction of sp³-hybridized carbons (Fsp3) is 0.643. The first kappa shape index (κ1) is 14.8. The number of aromatic nitrogens is 1. The molecule has 0 aliphatic carbocycles. The van der Waals surface area contributed by atoms with Crippen LogP contribution in [0.2, 0.25) is 0 Å². The van der Waals surface area contributed by atoms with Crippen LogP contribution in [0, 0.1) is 0 Å². The van der Waals surface area contributed by atoms with Gasteiger partial charge < -0.3 is 14.6 Å². The Hall–Kier alpha value is -1.29. The van der Waals surface area contributed by atoms with Crippen molar-refractivity contribution in [2.75, 3.05) is 13.7 Å². The molecule has 1 unspecified atom stereocenters. The standard InChI is InChI=1S/C14H24N2O2/c1-4-8-15-12(2)13-7-10-16(11-13)9-5-6-14(17)18-3/h7,10-12,15H,4-6,8-9H2,1-3H3. The zero-order chi connectivity index (χ0) is 13.4. The topological polar surface area (TPSA) is 43.3 Å². The Kier molecular flexibility index (Phi) is 6.50. The average Bonchev–Trinajstić information content (AvgIpc) is 2.84. The van der Waals surface area contributed by atoms with Crippen LogP contribution < -0.4 is 5.32 Å². The number of hydrogen-bond acceptors (Lipinski definition) is 3. The molecule has 0 aliphatic heterocycles. The second-order valence-electron chi connectivity index (χ2n) is 4.54. The van der Waals surface area contributed by atoms with Gasteiger partial charge in [-0.3, -0.25) is 4.79 Å². The van der Waals surface area contributed by atoms with Gasteiger partial charge in [-0.05, 0) is 37.9 Å². The van der Waals surface area contributed by atoms with E-state index in [0.717, 1.165) is 25.9 Å². The van der Waals surface area contributed by atoms with E-state index in [1.54, 1.807) is 0 Å². The molecule has 0 saturated heterocycles. The molecule has 1 aromatic rings. The van der Waals surface area contributed by atoms with Crippen LogP contribution in [0.15, 0.2) is 18.5 Å². The first-order valence-electron chi connectivity index (χ1n) is 6.63. The number of ether oxygens (including phenoxy) is 1. The number of hydrogen-bond donors (Lipinski definition) is 1. The van der Waals surface area contributed by atoms with E-state index in [2.05, 4.69) is 46.9 Å². The fourth-order valence-electron chi connectivity index (χ4n) is 1.84. The van der Waals surface area contributed by atoms with Crippen molar-refractivity contribution in [2.45, 2.75) is 45.7 Å². The van der Waals surface area contributed by atoms with Crippen molar-refractivity contribution >= 4 is 5.97 Å². The molecule has 0 spiro atoms. The third-order valence-corrected chi connectivity index (χ3v) is 3.00. The summed E-state index contributed by atoms with van der Waals surface area (Å²) >= 11 is 0. The fourth-order valence-corrected chi connectivity index (χ4v) is 1.84. The van der Waals surface area contributed by atoms with E-state index in [-0.39, 0.29) is 5.97 Å². The van der Waals surface area contributed by atoms with Gasteiger partial charge in [0.05, 0.1) is 7.11 Å². The van der Waals surface area contributed by atoms with Crippen LogP contribution in [-0.2, 0) is 16.1 Å². The SMILES string of the molecule is CCCNC(C)c1ccn(CCCC(=O)OC)c1. The van der Waals surface area contributed by atoms with Gasteiger partial charge in [0, 0.05) is 31.4 Å². The van der Waals surface area contributed by atoms with Crippen molar-refractivity contribution in [2.24, 2.45) is 0 Å². The Morgan fingerprint density at radius 1 is 1.56 bits per heavy atom. The van der Waals surface area contributed by atoms with Gasteiger partial charge in [0.1, 0.15) is 0 Å². The summed E-state index contributed by atoms with van der Waals surface area (Å²) in [4.78, 5) is 11.0. The molecule has 0 bridgehead atoms. The molecule has 18 heavy (non-hydrogen) atoms. The molecule has 1 atom stereocenters. The van der Waals surface area contributed by atoms with Crippen molar-refractivity contribution in [3.8, 4) is 0 Å². The second kappa shape index (κ2) is 7.93. The predicted molar refractivity (Wildman–Crippen MR) is 72.4 cm³/mol. The van der Waals surface area contributed by atoms with Gasteiger partial charge in [-0.15, -0.1) is 0 Å². The molecule has 4 heteroatoms. The lowest BCUT2D eigenvalue weighted by molar-refractivity contribution is -0.140. The molecule has 0 saturated carbocycles. The highest BCUT2D eigenvalue weighted by Crippen LogP contribution is 2.13. The molecule has 102 valence electrons. The molecule has 1 aromatic heterocycles. The minimum absolute atomic E-state index is 0.139. The summed E-state index contributed by atoms with van der Waals surface area (Å²) in [5, 5.41) is 3.46. The van der Waals surface area contributed by atoms with E-state index in [0.29, 0.717) is 12.5 Å². The van der Waals surface area contributed by atoms with Crippen molar-refractivity contribution in [3.05, 3.63) is 24.0 Å². The monoisotopic (exact) mass is 252 g/mol. The third kappa shape index (κ3) is 4.92. The molecular weight excluding hydrogens is 228 g/mol. The lowest BCUT2D eigenvalue weighted by Gasteiger charge is -2.11. The van der Waals surface area contributed by atoms with Gasteiger partial charge in [0.15, 0.2) is 0 Å². The first-order chi connectivity index (χ1) is 8.67. The maximum Gasteiger partial charge on any atom is 0.305 e. The molecule has 0 fully saturated rings. The van der Waals surface area contributed by atoms with Gasteiger partial charge in [-0.25, -0.2) is 0 Å². The number of carbonyl (C=O) groups excluding carboxylic acids is 1. The second-order valence-corrected chi connectivity index (χ2v) is 4.54. The van der Waals surface area contributed by atoms with E-state index < -0.39 is 0 Å². The van der Waals surface area contributed by atoms with Gasteiger partial charge in [-0.1, -0.05) is 6.92 Å². The highest BCUT2D eigenvalue weighted by atomic mass is 16.5. The zero-order valence-electron chi connectivity index (χ0n) is 11.6. The molecule has 4 nitrogen and oxygen atoms in total. The lowest BCUT2D eigenvalue weighted by atomic mass is 10.2. The number of nitrogens with zero attached hydrogens (tertiary/aromatic N) is 1. The Labute approximate surface area is 109 Å². The maximum atomic E-state index is 11.0. The minimum atomic E-state index is -0.139. The summed E-state index contributed by atoms with van der Waals surface area (Å²) in [6.45, 7) is 6.23. The number of aryl methyl sites for hydroxylation is 1. The van der Waals surface area contributed by atoms with Crippen molar-refractivity contribution in [3.63, 3.8) is 0 Å². The van der Waals surface area contributed by atoms with Gasteiger partial charge in [0.25, 0.3) is 0 Å². The maximum absolute atomic E-state index is 11.0. The van der Waals surface area contributed by atoms with Crippen LogP contribution >= 0.6 is 0 Å². The van der Waals surface area contributed by atoms with E-state index in [1.165, 1.54) is 12.7 Å². The number of esters is 1. The van der Waals surface area contributed by atoms with E-state index in [1.807, 2.05) is 0 Å². The van der Waals surface area contributed by atoms with Crippen LogP contribution in [0.3, 0.4) is 0 Å². The molecule has 0 aliphatic rings.